The molecule has 2 N–H and O–H groups in total. The zero-order valence-corrected chi connectivity index (χ0v) is 13.0. The minimum atomic E-state index is -4.37. The second-order valence-corrected chi connectivity index (χ2v) is 5.21. The number of carbonyl (C=O) groups is 2. The van der Waals surface area contributed by atoms with E-state index in [1.165, 1.54) is 20.3 Å². The molecule has 1 aromatic carbocycles. The van der Waals surface area contributed by atoms with Crippen LogP contribution in [0, 0.1) is 0 Å². The molecule has 0 spiro atoms. The van der Waals surface area contributed by atoms with Gasteiger partial charge in [0.2, 0.25) is 5.91 Å². The molecule has 0 unspecified atom stereocenters. The van der Waals surface area contributed by atoms with Crippen molar-refractivity contribution in [2.75, 3.05) is 31.0 Å². The maximum absolute atomic E-state index is 12.0. The number of amides is 1. The number of rotatable bonds is 7. The molecule has 0 radical (unpaired) electrons. The molecule has 0 aliphatic carbocycles. The molecule has 0 aliphatic heterocycles. The lowest BCUT2D eigenvalue weighted by Crippen LogP contribution is -2.18. The van der Waals surface area contributed by atoms with Crippen LogP contribution in [0.5, 0.6) is 11.5 Å². The summed E-state index contributed by atoms with van der Waals surface area (Å²) in [5.74, 6) is -3.43. The summed E-state index contributed by atoms with van der Waals surface area (Å²) >= 11 is 0.396. The highest BCUT2D eigenvalue weighted by Crippen LogP contribution is 2.36. The van der Waals surface area contributed by atoms with Crippen molar-refractivity contribution < 1.29 is 37.3 Å². The lowest BCUT2D eigenvalue weighted by molar-refractivity contribution is -0.113. The van der Waals surface area contributed by atoms with E-state index in [0.717, 1.165) is 6.07 Å². The van der Waals surface area contributed by atoms with E-state index < -0.39 is 29.6 Å². The van der Waals surface area contributed by atoms with Gasteiger partial charge in [0.1, 0.15) is 0 Å². The summed E-state index contributed by atoms with van der Waals surface area (Å²) in [6, 6.07) is 2.34. The fourth-order valence-corrected chi connectivity index (χ4v) is 2.22. The van der Waals surface area contributed by atoms with Gasteiger partial charge in [-0.15, -0.1) is 11.8 Å². The normalized spacial score (nSPS) is 11.0. The highest BCUT2D eigenvalue weighted by molar-refractivity contribution is 8.00. The van der Waals surface area contributed by atoms with Gasteiger partial charge < -0.3 is 19.9 Å². The lowest BCUT2D eigenvalue weighted by atomic mass is 10.1. The van der Waals surface area contributed by atoms with Crippen LogP contribution in [-0.2, 0) is 4.79 Å². The molecule has 0 heterocycles. The van der Waals surface area contributed by atoms with E-state index in [2.05, 4.69) is 5.32 Å². The molecule has 0 bridgehead atoms. The first-order valence-corrected chi connectivity index (χ1v) is 7.27. The van der Waals surface area contributed by atoms with Crippen molar-refractivity contribution in [3.05, 3.63) is 17.7 Å². The molecule has 0 aliphatic rings. The molecule has 128 valence electrons. The number of halogens is 3. The Bertz CT molecular complexity index is 592. The van der Waals surface area contributed by atoms with E-state index in [4.69, 9.17) is 14.6 Å². The van der Waals surface area contributed by atoms with Gasteiger partial charge in [-0.25, -0.2) is 4.79 Å². The fraction of sp³-hybridized carbons (Fsp3) is 0.385. The number of methoxy groups -OCH3 is 2. The molecule has 0 saturated heterocycles. The van der Waals surface area contributed by atoms with Gasteiger partial charge in [0.05, 0.1) is 37.0 Å². The van der Waals surface area contributed by atoms with Gasteiger partial charge in [-0.2, -0.15) is 13.2 Å². The third-order valence-corrected chi connectivity index (χ3v) is 3.50. The molecule has 1 aromatic rings. The Balaban J connectivity index is 2.91. The van der Waals surface area contributed by atoms with Crippen LogP contribution in [0.2, 0.25) is 0 Å². The van der Waals surface area contributed by atoms with Crippen molar-refractivity contribution in [1.29, 1.82) is 0 Å². The van der Waals surface area contributed by atoms with Crippen LogP contribution in [0.15, 0.2) is 12.1 Å². The third kappa shape index (κ3) is 5.89. The lowest BCUT2D eigenvalue weighted by Gasteiger charge is -2.15. The Morgan fingerprint density at radius 1 is 1.26 bits per heavy atom. The summed E-state index contributed by atoms with van der Waals surface area (Å²) in [5, 5.41) is 11.3. The van der Waals surface area contributed by atoms with E-state index in [9.17, 15) is 22.8 Å². The predicted molar refractivity (Wildman–Crippen MR) is 78.5 cm³/mol. The summed E-state index contributed by atoms with van der Waals surface area (Å²) in [5.41, 5.74) is -0.164. The smallest absolute Gasteiger partial charge is 0.397 e. The van der Waals surface area contributed by atoms with Gasteiger partial charge in [-0.05, 0) is 12.1 Å². The molecule has 6 nitrogen and oxygen atoms in total. The first-order chi connectivity index (χ1) is 10.7. The SMILES string of the molecule is COc1cc(C(=O)O)cc(NC(=O)CSCC(F)(F)F)c1OC. The number of carboxylic acid groups (broad SMARTS) is 1. The minimum Gasteiger partial charge on any atom is -0.493 e. The molecule has 1 rings (SSSR count). The molecular formula is C13H14F3NO5S. The quantitative estimate of drug-likeness (QED) is 0.784. The zero-order valence-electron chi connectivity index (χ0n) is 12.2. The van der Waals surface area contributed by atoms with Gasteiger partial charge >= 0.3 is 12.1 Å². The number of thioether (sulfide) groups is 1. The first-order valence-electron chi connectivity index (χ1n) is 6.11. The van der Waals surface area contributed by atoms with Gasteiger partial charge in [-0.1, -0.05) is 0 Å². The van der Waals surface area contributed by atoms with Crippen molar-refractivity contribution in [3.63, 3.8) is 0 Å². The molecule has 0 fully saturated rings. The van der Waals surface area contributed by atoms with E-state index in [1.54, 1.807) is 0 Å². The Hall–Kier alpha value is -2.10. The van der Waals surface area contributed by atoms with Crippen molar-refractivity contribution in [3.8, 4) is 11.5 Å². The van der Waals surface area contributed by atoms with Gasteiger partial charge in [0.25, 0.3) is 0 Å². The number of nitrogens with one attached hydrogen (secondary N) is 1. The maximum atomic E-state index is 12.0. The monoisotopic (exact) mass is 353 g/mol. The molecule has 0 saturated carbocycles. The average molecular weight is 353 g/mol. The molecule has 0 aromatic heterocycles. The Morgan fingerprint density at radius 3 is 2.39 bits per heavy atom. The highest BCUT2D eigenvalue weighted by Gasteiger charge is 2.27. The van der Waals surface area contributed by atoms with E-state index in [-0.39, 0.29) is 22.7 Å². The van der Waals surface area contributed by atoms with Crippen molar-refractivity contribution in [2.24, 2.45) is 0 Å². The number of hydrogen-bond donors (Lipinski definition) is 2. The van der Waals surface area contributed by atoms with Crippen LogP contribution in [-0.4, -0.2) is 48.9 Å². The summed E-state index contributed by atoms with van der Waals surface area (Å²) in [7, 11) is 2.57. The molecule has 10 heteroatoms. The molecular weight excluding hydrogens is 339 g/mol. The second-order valence-electron chi connectivity index (χ2n) is 4.22. The van der Waals surface area contributed by atoms with Crippen LogP contribution >= 0.6 is 11.8 Å². The number of aromatic carboxylic acids is 1. The van der Waals surface area contributed by atoms with Crippen LogP contribution in [0.25, 0.3) is 0 Å². The first kappa shape index (κ1) is 18.9. The number of alkyl halides is 3. The van der Waals surface area contributed by atoms with Crippen LogP contribution in [0.1, 0.15) is 10.4 Å². The van der Waals surface area contributed by atoms with Gasteiger partial charge in [0, 0.05) is 0 Å². The summed E-state index contributed by atoms with van der Waals surface area (Å²) < 4.78 is 46.1. The molecule has 23 heavy (non-hydrogen) atoms. The zero-order chi connectivity index (χ0) is 17.6. The number of ether oxygens (including phenoxy) is 2. The largest absolute Gasteiger partial charge is 0.493 e. The van der Waals surface area contributed by atoms with Gasteiger partial charge in [-0.3, -0.25) is 4.79 Å². The second kappa shape index (κ2) is 7.95. The number of carboxylic acids is 1. The van der Waals surface area contributed by atoms with Crippen molar-refractivity contribution >= 4 is 29.3 Å². The highest BCUT2D eigenvalue weighted by atomic mass is 32.2. The Labute approximate surface area is 133 Å². The third-order valence-electron chi connectivity index (χ3n) is 2.50. The Morgan fingerprint density at radius 2 is 1.91 bits per heavy atom. The number of benzene rings is 1. The number of anilines is 1. The Kier molecular flexibility index (Phi) is 6.55. The average Bonchev–Trinajstić information content (AvgIpc) is 2.44. The minimum absolute atomic E-state index is 0.00172. The number of carbonyl (C=O) groups excluding carboxylic acids is 1. The number of hydrogen-bond acceptors (Lipinski definition) is 5. The summed E-state index contributed by atoms with van der Waals surface area (Å²) in [6.45, 7) is 0. The predicted octanol–water partition coefficient (Wildman–Crippen LogP) is 2.64. The standard InChI is InChI=1S/C13H14F3NO5S/c1-21-9-4-7(12(19)20)3-8(11(9)22-2)17-10(18)5-23-6-13(14,15)16/h3-4H,5-6H2,1-2H3,(H,17,18)(H,19,20). The van der Waals surface area contributed by atoms with Crippen LogP contribution in [0.4, 0.5) is 18.9 Å². The van der Waals surface area contributed by atoms with Crippen LogP contribution in [0.3, 0.4) is 0 Å². The molecule has 1 amide bonds. The molecule has 0 atom stereocenters. The van der Waals surface area contributed by atoms with Gasteiger partial charge in [0.15, 0.2) is 11.5 Å². The fourth-order valence-electron chi connectivity index (χ4n) is 1.63. The maximum Gasteiger partial charge on any atom is 0.397 e. The van der Waals surface area contributed by atoms with Crippen LogP contribution < -0.4 is 14.8 Å². The summed E-state index contributed by atoms with van der Waals surface area (Å²) in [6.07, 6.45) is -4.37. The van der Waals surface area contributed by atoms with Crippen molar-refractivity contribution in [1.82, 2.24) is 0 Å². The van der Waals surface area contributed by atoms with E-state index >= 15 is 0 Å². The van der Waals surface area contributed by atoms with E-state index in [1.807, 2.05) is 0 Å². The van der Waals surface area contributed by atoms with Crippen molar-refractivity contribution in [2.45, 2.75) is 6.18 Å². The topological polar surface area (TPSA) is 84.9 Å². The van der Waals surface area contributed by atoms with E-state index in [0.29, 0.717) is 11.8 Å². The summed E-state index contributed by atoms with van der Waals surface area (Å²) in [4.78, 5) is 22.8.